The lowest BCUT2D eigenvalue weighted by Gasteiger charge is -1.95. The maximum Gasteiger partial charge on any atom is 0.365 e. The molecule has 0 aliphatic heterocycles. The summed E-state index contributed by atoms with van der Waals surface area (Å²) in [4.78, 5) is 14.3. The quantitative estimate of drug-likeness (QED) is 0.800. The van der Waals surface area contributed by atoms with Gasteiger partial charge in [0.15, 0.2) is 0 Å². The van der Waals surface area contributed by atoms with Crippen LogP contribution in [0.15, 0.2) is 5.38 Å². The third kappa shape index (κ3) is 3.55. The van der Waals surface area contributed by atoms with Crippen molar-refractivity contribution >= 4 is 17.3 Å². The summed E-state index contributed by atoms with van der Waals surface area (Å²) >= 11 is 1.18. The fourth-order valence-corrected chi connectivity index (χ4v) is 1.47. The highest BCUT2D eigenvalue weighted by atomic mass is 32.1. The van der Waals surface area contributed by atoms with Gasteiger partial charge in [0.25, 0.3) is 0 Å². The molecule has 13 heavy (non-hydrogen) atoms. The molecule has 0 amide bonds. The van der Waals surface area contributed by atoms with Crippen LogP contribution in [0.4, 0.5) is 0 Å². The highest BCUT2D eigenvalue weighted by Gasteiger charge is 2.10. The van der Waals surface area contributed by atoms with Crippen molar-refractivity contribution in [2.45, 2.75) is 33.6 Å². The molecule has 3 nitrogen and oxygen atoms in total. The summed E-state index contributed by atoms with van der Waals surface area (Å²) in [6.45, 7) is 7.97. The number of hydrogen-bond acceptors (Lipinski definition) is 3. The smallest absolute Gasteiger partial charge is 0.365 e. The van der Waals surface area contributed by atoms with Crippen LogP contribution >= 0.6 is 11.3 Å². The van der Waals surface area contributed by atoms with Gasteiger partial charge in [-0.15, -0.1) is 11.3 Å². The fourth-order valence-electron chi connectivity index (χ4n) is 0.650. The van der Waals surface area contributed by atoms with Crippen LogP contribution in [-0.2, 0) is 0 Å². The Kier molecular flexibility index (Phi) is 5.30. The van der Waals surface area contributed by atoms with Crippen LogP contribution in [0.1, 0.15) is 49.1 Å². The summed E-state index contributed by atoms with van der Waals surface area (Å²) in [5.74, 6) is -0.638. The van der Waals surface area contributed by atoms with Crippen LogP contribution < -0.4 is 0 Å². The van der Waals surface area contributed by atoms with Gasteiger partial charge >= 0.3 is 5.97 Å². The summed E-state index contributed by atoms with van der Waals surface area (Å²) in [6.07, 6.45) is 0. The topological polar surface area (TPSA) is 50.2 Å². The summed E-state index contributed by atoms with van der Waals surface area (Å²) in [5.41, 5.74) is 0.854. The van der Waals surface area contributed by atoms with Crippen molar-refractivity contribution < 1.29 is 9.90 Å². The van der Waals surface area contributed by atoms with Gasteiger partial charge in [0.2, 0.25) is 5.01 Å². The van der Waals surface area contributed by atoms with Gasteiger partial charge in [0.1, 0.15) is 0 Å². The molecular weight excluding hydrogens is 186 g/mol. The summed E-state index contributed by atoms with van der Waals surface area (Å²) < 4.78 is 0. The van der Waals surface area contributed by atoms with Crippen LogP contribution in [0, 0.1) is 0 Å². The second-order valence-electron chi connectivity index (χ2n) is 2.54. The second kappa shape index (κ2) is 5.70. The zero-order valence-corrected chi connectivity index (χ0v) is 9.18. The minimum absolute atomic E-state index is 0.175. The molecule has 0 saturated carbocycles. The van der Waals surface area contributed by atoms with Crippen LogP contribution in [0.3, 0.4) is 0 Å². The SMILES string of the molecule is CC.CC(C)c1csc(C(=O)O)n1. The van der Waals surface area contributed by atoms with Crippen molar-refractivity contribution in [3.63, 3.8) is 0 Å². The highest BCUT2D eigenvalue weighted by molar-refractivity contribution is 7.11. The molecule has 1 aromatic rings. The standard InChI is InChI=1S/C7H9NO2S.C2H6/c1-4(2)5-3-11-6(8-5)7(9)10;1-2/h3-4H,1-2H3,(H,9,10);1-2H3. The van der Waals surface area contributed by atoms with E-state index in [4.69, 9.17) is 5.11 Å². The van der Waals surface area contributed by atoms with E-state index in [1.165, 1.54) is 11.3 Å². The van der Waals surface area contributed by atoms with Crippen LogP contribution in [0.25, 0.3) is 0 Å². The lowest BCUT2D eigenvalue weighted by atomic mass is 10.2. The molecular formula is C9H15NO2S. The Labute approximate surface area is 82.4 Å². The van der Waals surface area contributed by atoms with Gasteiger partial charge in [0, 0.05) is 5.38 Å². The molecule has 0 aromatic carbocycles. The molecule has 0 radical (unpaired) electrons. The minimum atomic E-state index is -0.943. The maximum absolute atomic E-state index is 10.4. The van der Waals surface area contributed by atoms with E-state index in [0.717, 1.165) is 5.69 Å². The third-order valence-electron chi connectivity index (χ3n) is 1.30. The minimum Gasteiger partial charge on any atom is -0.476 e. The van der Waals surface area contributed by atoms with Crippen molar-refractivity contribution in [2.24, 2.45) is 0 Å². The van der Waals surface area contributed by atoms with Gasteiger partial charge in [-0.3, -0.25) is 0 Å². The number of aromatic carboxylic acids is 1. The van der Waals surface area contributed by atoms with Crippen LogP contribution in [0.2, 0.25) is 0 Å². The van der Waals surface area contributed by atoms with Gasteiger partial charge in [-0.1, -0.05) is 27.7 Å². The molecule has 0 spiro atoms. The average Bonchev–Trinajstić information content (AvgIpc) is 2.56. The summed E-state index contributed by atoms with van der Waals surface area (Å²) in [6, 6.07) is 0. The van der Waals surface area contributed by atoms with E-state index in [1.807, 2.05) is 27.7 Å². The van der Waals surface area contributed by atoms with E-state index in [1.54, 1.807) is 5.38 Å². The molecule has 0 bridgehead atoms. The molecule has 0 atom stereocenters. The molecule has 0 saturated heterocycles. The van der Waals surface area contributed by atoms with Crippen molar-refractivity contribution in [2.75, 3.05) is 0 Å². The Morgan fingerprint density at radius 2 is 2.08 bits per heavy atom. The van der Waals surface area contributed by atoms with E-state index in [0.29, 0.717) is 5.92 Å². The number of aromatic nitrogens is 1. The molecule has 1 rings (SSSR count). The molecule has 4 heteroatoms. The maximum atomic E-state index is 10.4. The molecule has 0 fully saturated rings. The Morgan fingerprint density at radius 3 is 2.31 bits per heavy atom. The van der Waals surface area contributed by atoms with Gasteiger partial charge < -0.3 is 5.11 Å². The zero-order chi connectivity index (χ0) is 10.4. The van der Waals surface area contributed by atoms with Crippen LogP contribution in [-0.4, -0.2) is 16.1 Å². The zero-order valence-electron chi connectivity index (χ0n) is 8.37. The average molecular weight is 201 g/mol. The van der Waals surface area contributed by atoms with Gasteiger partial charge in [-0.25, -0.2) is 9.78 Å². The summed E-state index contributed by atoms with van der Waals surface area (Å²) in [7, 11) is 0. The molecule has 0 unspecified atom stereocenters. The van der Waals surface area contributed by atoms with Crippen molar-refractivity contribution in [3.05, 3.63) is 16.1 Å². The molecule has 1 heterocycles. The number of nitrogens with zero attached hydrogens (tertiary/aromatic N) is 1. The number of rotatable bonds is 2. The lowest BCUT2D eigenvalue weighted by Crippen LogP contribution is -1.96. The fraction of sp³-hybridized carbons (Fsp3) is 0.556. The highest BCUT2D eigenvalue weighted by Crippen LogP contribution is 2.17. The van der Waals surface area contributed by atoms with Gasteiger partial charge in [0.05, 0.1) is 5.69 Å². The number of carboxylic acids is 1. The normalized spacial score (nSPS) is 9.31. The largest absolute Gasteiger partial charge is 0.476 e. The van der Waals surface area contributed by atoms with Crippen LogP contribution in [0.5, 0.6) is 0 Å². The van der Waals surface area contributed by atoms with E-state index in [2.05, 4.69) is 4.98 Å². The summed E-state index contributed by atoms with van der Waals surface area (Å²) in [5, 5.41) is 10.5. The second-order valence-corrected chi connectivity index (χ2v) is 3.40. The van der Waals surface area contributed by atoms with Crippen molar-refractivity contribution in [3.8, 4) is 0 Å². The number of carboxylic acid groups (broad SMARTS) is 1. The van der Waals surface area contributed by atoms with E-state index >= 15 is 0 Å². The molecule has 1 aromatic heterocycles. The number of thiazole rings is 1. The Morgan fingerprint density at radius 1 is 1.54 bits per heavy atom. The number of carbonyl (C=O) groups is 1. The van der Waals surface area contributed by atoms with E-state index in [-0.39, 0.29) is 5.01 Å². The molecule has 0 aliphatic carbocycles. The van der Waals surface area contributed by atoms with Crippen molar-refractivity contribution in [1.29, 1.82) is 0 Å². The first-order valence-electron chi connectivity index (χ1n) is 4.30. The van der Waals surface area contributed by atoms with Gasteiger partial charge in [-0.05, 0) is 5.92 Å². The third-order valence-corrected chi connectivity index (χ3v) is 2.14. The molecule has 74 valence electrons. The monoisotopic (exact) mass is 201 g/mol. The first-order chi connectivity index (χ1) is 6.11. The Hall–Kier alpha value is -0.900. The lowest BCUT2D eigenvalue weighted by molar-refractivity contribution is 0.0696. The number of hydrogen-bond donors (Lipinski definition) is 1. The first-order valence-corrected chi connectivity index (χ1v) is 5.18. The molecule has 0 aliphatic rings. The first kappa shape index (κ1) is 12.1. The predicted molar refractivity (Wildman–Crippen MR) is 54.5 cm³/mol. The van der Waals surface area contributed by atoms with Gasteiger partial charge in [-0.2, -0.15) is 0 Å². The van der Waals surface area contributed by atoms with Crippen molar-refractivity contribution in [1.82, 2.24) is 4.98 Å². The Bertz CT molecular complexity index is 268. The predicted octanol–water partition coefficient (Wildman–Crippen LogP) is 2.99. The van der Waals surface area contributed by atoms with E-state index < -0.39 is 5.97 Å². The molecule has 1 N–H and O–H groups in total. The Balaban J connectivity index is 0.000000671. The van der Waals surface area contributed by atoms with E-state index in [9.17, 15) is 4.79 Å².